The minimum Gasteiger partial charge on any atom is -0.392 e. The Kier molecular flexibility index (Phi) is 6.42. The number of amides is 1. The van der Waals surface area contributed by atoms with Crippen LogP contribution in [0.2, 0.25) is 0 Å². The molecule has 1 heterocycles. The van der Waals surface area contributed by atoms with Gasteiger partial charge in [0.15, 0.2) is 20.7 Å². The van der Waals surface area contributed by atoms with Crippen LogP contribution in [0.3, 0.4) is 0 Å². The molecule has 1 aliphatic carbocycles. The molecule has 1 aliphatic rings. The molecule has 0 bridgehead atoms. The van der Waals surface area contributed by atoms with E-state index in [4.69, 9.17) is 9.57 Å². The smallest absolute Gasteiger partial charge is 0.280 e. The summed E-state index contributed by atoms with van der Waals surface area (Å²) in [6.07, 6.45) is 2.76. The molecule has 0 spiro atoms. The quantitative estimate of drug-likeness (QED) is 0.490. The average Bonchev–Trinajstić information content (AvgIpc) is 3.44. The van der Waals surface area contributed by atoms with Gasteiger partial charge < -0.3 is 9.57 Å². The average molecular weight is 424 g/mol. The Morgan fingerprint density at radius 3 is 2.64 bits per heavy atom. The van der Waals surface area contributed by atoms with Crippen LogP contribution in [-0.2, 0) is 24.2 Å². The van der Waals surface area contributed by atoms with Crippen LogP contribution in [0.1, 0.15) is 25.3 Å². The van der Waals surface area contributed by atoms with Gasteiger partial charge in [-0.25, -0.2) is 13.4 Å². The highest BCUT2D eigenvalue weighted by Gasteiger charge is 2.36. The first-order valence-electron chi connectivity index (χ1n) is 8.69. The molecule has 150 valence electrons. The Morgan fingerprint density at radius 1 is 1.36 bits per heavy atom. The van der Waals surface area contributed by atoms with Crippen molar-refractivity contribution < 1.29 is 22.8 Å². The first-order valence-corrected chi connectivity index (χ1v) is 11.1. The molecule has 1 saturated carbocycles. The zero-order valence-electron chi connectivity index (χ0n) is 15.5. The Balaban J connectivity index is 1.82. The lowest BCUT2D eigenvalue weighted by Crippen LogP contribution is -2.25. The van der Waals surface area contributed by atoms with Gasteiger partial charge >= 0.3 is 0 Å². The monoisotopic (exact) mass is 423 g/mol. The van der Waals surface area contributed by atoms with Gasteiger partial charge in [0.1, 0.15) is 6.61 Å². The number of thiazole rings is 1. The number of nitrogens with zero attached hydrogens (tertiary/aromatic N) is 2. The molecule has 0 saturated heterocycles. The Hall–Kier alpha value is -2.30. The van der Waals surface area contributed by atoms with Gasteiger partial charge in [0, 0.05) is 24.3 Å². The molecule has 10 heteroatoms. The number of hydrogen-bond donors (Lipinski definition) is 1. The van der Waals surface area contributed by atoms with Crippen molar-refractivity contribution in [1.82, 2.24) is 4.98 Å². The Bertz CT molecular complexity index is 936. The lowest BCUT2D eigenvalue weighted by molar-refractivity contribution is -0.110. The largest absolute Gasteiger partial charge is 0.392 e. The molecule has 1 aromatic carbocycles. The summed E-state index contributed by atoms with van der Waals surface area (Å²) in [6, 6.07) is 6.09. The summed E-state index contributed by atoms with van der Waals surface area (Å²) in [6.45, 7) is 1.97. The molecule has 1 N–H and O–H groups in total. The van der Waals surface area contributed by atoms with Gasteiger partial charge in [-0.15, -0.1) is 11.3 Å². The van der Waals surface area contributed by atoms with Gasteiger partial charge in [-0.3, -0.25) is 10.1 Å². The van der Waals surface area contributed by atoms with Crippen LogP contribution in [-0.4, -0.2) is 50.1 Å². The fourth-order valence-electron chi connectivity index (χ4n) is 2.31. The Morgan fingerprint density at radius 2 is 2.07 bits per heavy atom. The van der Waals surface area contributed by atoms with Crippen molar-refractivity contribution >= 4 is 37.9 Å². The van der Waals surface area contributed by atoms with Crippen molar-refractivity contribution in [2.45, 2.75) is 36.0 Å². The molecule has 0 aliphatic heterocycles. The summed E-state index contributed by atoms with van der Waals surface area (Å²) in [5.41, 5.74) is 0.461. The number of hydrogen-bond acceptors (Lipinski definition) is 8. The number of aromatic nitrogens is 1. The van der Waals surface area contributed by atoms with Crippen molar-refractivity contribution in [1.29, 1.82) is 0 Å². The summed E-state index contributed by atoms with van der Waals surface area (Å²) in [4.78, 5) is 22.2. The normalized spacial score (nSPS) is 15.9. The van der Waals surface area contributed by atoms with E-state index in [1.54, 1.807) is 30.8 Å². The molecule has 1 amide bonds. The molecule has 8 nitrogen and oxygen atoms in total. The second kappa shape index (κ2) is 8.80. The minimum absolute atomic E-state index is 0.0221. The molecule has 0 unspecified atom stereocenters. The zero-order chi connectivity index (χ0) is 20.1. The molecule has 0 radical (unpaired) electrons. The molecular formula is C18H21N3O5S2. The van der Waals surface area contributed by atoms with Crippen molar-refractivity contribution in [2.24, 2.45) is 5.16 Å². The first-order chi connectivity index (χ1) is 13.4. The first kappa shape index (κ1) is 20.4. The van der Waals surface area contributed by atoms with E-state index in [-0.39, 0.29) is 28.6 Å². The van der Waals surface area contributed by atoms with Gasteiger partial charge in [0.25, 0.3) is 5.91 Å². The molecule has 3 rings (SSSR count). The van der Waals surface area contributed by atoms with Crippen molar-refractivity contribution in [3.05, 3.63) is 41.4 Å². The van der Waals surface area contributed by atoms with Crippen LogP contribution in [0.15, 0.2) is 45.9 Å². The summed E-state index contributed by atoms with van der Waals surface area (Å²) in [7, 11) is -1.75. The predicted molar refractivity (Wildman–Crippen MR) is 106 cm³/mol. The second-order valence-electron chi connectivity index (χ2n) is 6.34. The van der Waals surface area contributed by atoms with E-state index in [1.807, 2.05) is 6.92 Å². The Labute approximate surface area is 167 Å². The highest BCUT2D eigenvalue weighted by molar-refractivity contribution is 7.92. The van der Waals surface area contributed by atoms with Crippen molar-refractivity contribution in [3.8, 4) is 0 Å². The molecule has 1 aromatic heterocycles. The van der Waals surface area contributed by atoms with Gasteiger partial charge in [0.05, 0.1) is 16.2 Å². The standard InChI is InChI=1S/C18H21N3O5S2/c1-12(25-2)11-26-21-16(17(22)20-18-19-9-10-27-18)13-3-5-14(6-4-13)28(23,24)15-7-8-15/h3-6,9-10,12,15H,7-8,11H2,1-2H3,(H,19,20,22)/t12-/m0/s1. The van der Waals surface area contributed by atoms with Crippen LogP contribution < -0.4 is 5.32 Å². The number of oxime groups is 1. The fourth-order valence-corrected chi connectivity index (χ4v) is 4.50. The number of anilines is 1. The van der Waals surface area contributed by atoms with E-state index >= 15 is 0 Å². The number of methoxy groups -OCH3 is 1. The number of nitrogens with one attached hydrogen (secondary N) is 1. The SMILES string of the molecule is CO[C@@H](C)CON=C(C(=O)Nc1nccs1)c1ccc(S(=O)(=O)C2CC2)cc1. The number of carbonyl (C=O) groups is 1. The van der Waals surface area contributed by atoms with Crippen LogP contribution in [0.4, 0.5) is 5.13 Å². The van der Waals surface area contributed by atoms with Crippen molar-refractivity contribution in [2.75, 3.05) is 19.0 Å². The van der Waals surface area contributed by atoms with Crippen LogP contribution >= 0.6 is 11.3 Å². The van der Waals surface area contributed by atoms with E-state index < -0.39 is 15.7 Å². The topological polar surface area (TPSA) is 107 Å². The lowest BCUT2D eigenvalue weighted by Gasteiger charge is -2.10. The summed E-state index contributed by atoms with van der Waals surface area (Å²) >= 11 is 1.27. The molecule has 1 fully saturated rings. The van der Waals surface area contributed by atoms with Crippen LogP contribution in [0, 0.1) is 0 Å². The van der Waals surface area contributed by atoms with E-state index in [0.717, 1.165) is 0 Å². The lowest BCUT2D eigenvalue weighted by atomic mass is 10.1. The molecule has 1 atom stereocenters. The minimum atomic E-state index is -3.30. The number of benzene rings is 1. The van der Waals surface area contributed by atoms with Gasteiger partial charge in [-0.05, 0) is 31.9 Å². The van der Waals surface area contributed by atoms with Crippen LogP contribution in [0.5, 0.6) is 0 Å². The third-order valence-electron chi connectivity index (χ3n) is 4.15. The van der Waals surface area contributed by atoms with E-state index in [9.17, 15) is 13.2 Å². The van der Waals surface area contributed by atoms with Gasteiger partial charge in [-0.2, -0.15) is 0 Å². The number of sulfone groups is 1. The highest BCUT2D eigenvalue weighted by Crippen LogP contribution is 2.33. The van der Waals surface area contributed by atoms with Gasteiger partial charge in [-0.1, -0.05) is 17.3 Å². The van der Waals surface area contributed by atoms with Gasteiger partial charge in [0.2, 0.25) is 0 Å². The summed E-state index contributed by atoms with van der Waals surface area (Å²) < 4.78 is 29.8. The summed E-state index contributed by atoms with van der Waals surface area (Å²) in [5, 5.41) is 8.48. The van der Waals surface area contributed by atoms with E-state index in [0.29, 0.717) is 23.5 Å². The fraction of sp³-hybridized carbons (Fsp3) is 0.389. The zero-order valence-corrected chi connectivity index (χ0v) is 17.1. The summed E-state index contributed by atoms with van der Waals surface area (Å²) in [5.74, 6) is -0.502. The maximum atomic E-state index is 12.7. The number of ether oxygens (including phenoxy) is 1. The predicted octanol–water partition coefficient (Wildman–Crippen LogP) is 2.47. The maximum absolute atomic E-state index is 12.7. The number of rotatable bonds is 9. The second-order valence-corrected chi connectivity index (χ2v) is 9.46. The molecular weight excluding hydrogens is 402 g/mol. The third kappa shape index (κ3) is 4.94. The van der Waals surface area contributed by atoms with E-state index in [1.165, 1.54) is 23.5 Å². The van der Waals surface area contributed by atoms with Crippen LogP contribution in [0.25, 0.3) is 0 Å². The highest BCUT2D eigenvalue weighted by atomic mass is 32.2. The molecule has 28 heavy (non-hydrogen) atoms. The molecule has 2 aromatic rings. The van der Waals surface area contributed by atoms with Crippen molar-refractivity contribution in [3.63, 3.8) is 0 Å². The van der Waals surface area contributed by atoms with E-state index in [2.05, 4.69) is 15.5 Å². The third-order valence-corrected chi connectivity index (χ3v) is 7.12. The maximum Gasteiger partial charge on any atom is 0.280 e. The number of carbonyl (C=O) groups excluding carboxylic acids is 1.